The molecular weight excluding hydrogens is 236 g/mol. The van der Waals surface area contributed by atoms with E-state index in [-0.39, 0.29) is 5.54 Å². The van der Waals surface area contributed by atoms with E-state index < -0.39 is 10.0 Å². The van der Waals surface area contributed by atoms with Crippen LogP contribution in [0.5, 0.6) is 0 Å². The third-order valence-corrected chi connectivity index (χ3v) is 4.41. The molecule has 1 heterocycles. The van der Waals surface area contributed by atoms with E-state index in [1.54, 1.807) is 4.31 Å². The monoisotopic (exact) mass is 258 g/mol. The minimum absolute atomic E-state index is 0.326. The summed E-state index contributed by atoms with van der Waals surface area (Å²) in [6, 6.07) is 0. The second kappa shape index (κ2) is 5.38. The van der Waals surface area contributed by atoms with Crippen LogP contribution in [0.15, 0.2) is 0 Å². The lowest BCUT2D eigenvalue weighted by molar-refractivity contribution is 0.252. The smallest absolute Gasteiger partial charge is 0.211 e. The molecule has 0 aromatic heterocycles. The second-order valence-corrected chi connectivity index (χ2v) is 7.26. The van der Waals surface area contributed by atoms with Gasteiger partial charge >= 0.3 is 0 Å². The molecule has 0 radical (unpaired) electrons. The summed E-state index contributed by atoms with van der Waals surface area (Å²) in [6.45, 7) is 5.91. The van der Waals surface area contributed by atoms with Gasteiger partial charge in [-0.2, -0.15) is 0 Å². The van der Waals surface area contributed by atoms with Crippen LogP contribution >= 0.6 is 0 Å². The van der Waals surface area contributed by atoms with E-state index >= 15 is 0 Å². The number of sulfonamides is 1. The summed E-state index contributed by atoms with van der Waals surface area (Å²) in [7, 11) is -3.05. The van der Waals surface area contributed by atoms with E-state index in [0.29, 0.717) is 19.0 Å². The van der Waals surface area contributed by atoms with Crippen molar-refractivity contribution in [3.05, 3.63) is 0 Å². The predicted octanol–water partition coefficient (Wildman–Crippen LogP) is 0.659. The highest BCUT2D eigenvalue weighted by molar-refractivity contribution is 7.88. The zero-order chi connectivity index (χ0) is 13.1. The SMILES string of the molecule is C#CC(C)(C)NCC1CCCN(S(C)(=O)=O)C1. The van der Waals surface area contributed by atoms with Gasteiger partial charge in [0.15, 0.2) is 0 Å². The van der Waals surface area contributed by atoms with Crippen LogP contribution in [0.25, 0.3) is 0 Å². The third-order valence-electron chi connectivity index (χ3n) is 3.14. The van der Waals surface area contributed by atoms with Crippen molar-refractivity contribution in [3.63, 3.8) is 0 Å². The van der Waals surface area contributed by atoms with Crippen LogP contribution in [0.2, 0.25) is 0 Å². The minimum atomic E-state index is -3.05. The molecule has 98 valence electrons. The molecule has 17 heavy (non-hydrogen) atoms. The first-order chi connectivity index (χ1) is 7.74. The van der Waals surface area contributed by atoms with Crippen molar-refractivity contribution in [2.75, 3.05) is 25.9 Å². The highest BCUT2D eigenvalue weighted by Crippen LogP contribution is 2.18. The van der Waals surface area contributed by atoms with Crippen LogP contribution in [-0.2, 0) is 10.0 Å². The Bertz CT molecular complexity index is 395. The number of nitrogens with zero attached hydrogens (tertiary/aromatic N) is 1. The maximum atomic E-state index is 11.5. The van der Waals surface area contributed by atoms with Crippen molar-refractivity contribution < 1.29 is 8.42 Å². The zero-order valence-electron chi connectivity index (χ0n) is 10.9. The fourth-order valence-corrected chi connectivity index (χ4v) is 2.89. The van der Waals surface area contributed by atoms with E-state index in [1.807, 2.05) is 13.8 Å². The average molecular weight is 258 g/mol. The van der Waals surface area contributed by atoms with Gasteiger partial charge in [0.05, 0.1) is 11.8 Å². The van der Waals surface area contributed by atoms with Crippen molar-refractivity contribution in [2.45, 2.75) is 32.2 Å². The lowest BCUT2D eigenvalue weighted by Gasteiger charge is -2.32. The molecule has 4 nitrogen and oxygen atoms in total. The van der Waals surface area contributed by atoms with E-state index in [0.717, 1.165) is 19.4 Å². The Hall–Kier alpha value is -0.570. The number of nitrogens with one attached hydrogen (secondary N) is 1. The van der Waals surface area contributed by atoms with Gasteiger partial charge < -0.3 is 5.32 Å². The molecule has 1 aliphatic rings. The van der Waals surface area contributed by atoms with E-state index in [4.69, 9.17) is 6.42 Å². The average Bonchev–Trinajstić information content (AvgIpc) is 2.26. The summed E-state index contributed by atoms with van der Waals surface area (Å²) < 4.78 is 24.5. The number of terminal acetylenes is 1. The van der Waals surface area contributed by atoms with Gasteiger partial charge in [-0.15, -0.1) is 6.42 Å². The fraction of sp³-hybridized carbons (Fsp3) is 0.833. The van der Waals surface area contributed by atoms with Gasteiger partial charge in [-0.1, -0.05) is 5.92 Å². The van der Waals surface area contributed by atoms with Crippen molar-refractivity contribution in [3.8, 4) is 12.3 Å². The Kier molecular flexibility index (Phi) is 4.59. The van der Waals surface area contributed by atoms with Gasteiger partial charge in [-0.3, -0.25) is 0 Å². The van der Waals surface area contributed by atoms with Crippen LogP contribution in [0, 0.1) is 18.3 Å². The summed E-state index contributed by atoms with van der Waals surface area (Å²) in [5.41, 5.74) is -0.326. The van der Waals surface area contributed by atoms with Gasteiger partial charge in [0, 0.05) is 19.6 Å². The standard InChI is InChI=1S/C12H22N2O2S/c1-5-12(2,3)13-9-11-7-6-8-14(10-11)17(4,15)16/h1,11,13H,6-10H2,2-4H3. The lowest BCUT2D eigenvalue weighted by atomic mass is 9.98. The first-order valence-corrected chi connectivity index (χ1v) is 7.77. The van der Waals surface area contributed by atoms with Crippen molar-refractivity contribution >= 4 is 10.0 Å². The van der Waals surface area contributed by atoms with Crippen molar-refractivity contribution in [1.29, 1.82) is 0 Å². The highest BCUT2D eigenvalue weighted by Gasteiger charge is 2.26. The van der Waals surface area contributed by atoms with E-state index in [9.17, 15) is 8.42 Å². The largest absolute Gasteiger partial charge is 0.301 e. The van der Waals surface area contributed by atoms with Gasteiger partial charge in [-0.05, 0) is 32.6 Å². The summed E-state index contributed by atoms with van der Waals surface area (Å²) in [5, 5.41) is 3.29. The summed E-state index contributed by atoms with van der Waals surface area (Å²) in [4.78, 5) is 0. The Morgan fingerprint density at radius 3 is 2.71 bits per heavy atom. The molecule has 1 saturated heterocycles. The van der Waals surface area contributed by atoms with Gasteiger partial charge in [0.25, 0.3) is 0 Å². The lowest BCUT2D eigenvalue weighted by Crippen LogP contribution is -2.46. The van der Waals surface area contributed by atoms with Crippen LogP contribution in [0.1, 0.15) is 26.7 Å². The summed E-state index contributed by atoms with van der Waals surface area (Å²) in [5.74, 6) is 3.03. The van der Waals surface area contributed by atoms with Gasteiger partial charge in [0.2, 0.25) is 10.0 Å². The van der Waals surface area contributed by atoms with Crippen LogP contribution in [0.4, 0.5) is 0 Å². The third kappa shape index (κ3) is 4.66. The molecule has 0 amide bonds. The highest BCUT2D eigenvalue weighted by atomic mass is 32.2. The number of hydrogen-bond acceptors (Lipinski definition) is 3. The number of rotatable bonds is 4. The van der Waals surface area contributed by atoms with Crippen LogP contribution in [0.3, 0.4) is 0 Å². The Balaban J connectivity index is 2.49. The summed E-state index contributed by atoms with van der Waals surface area (Å²) >= 11 is 0. The topological polar surface area (TPSA) is 49.4 Å². The van der Waals surface area contributed by atoms with Crippen LogP contribution in [-0.4, -0.2) is 44.2 Å². The Morgan fingerprint density at radius 2 is 2.18 bits per heavy atom. The molecule has 1 rings (SSSR count). The molecule has 1 atom stereocenters. The normalized spacial score (nSPS) is 23.3. The first kappa shape index (κ1) is 14.5. The minimum Gasteiger partial charge on any atom is -0.301 e. The van der Waals surface area contributed by atoms with Crippen molar-refractivity contribution in [1.82, 2.24) is 9.62 Å². The molecule has 0 saturated carbocycles. The zero-order valence-corrected chi connectivity index (χ0v) is 11.7. The van der Waals surface area contributed by atoms with Gasteiger partial charge in [0.1, 0.15) is 0 Å². The molecule has 1 aliphatic heterocycles. The summed E-state index contributed by atoms with van der Waals surface area (Å²) in [6.07, 6.45) is 8.65. The maximum Gasteiger partial charge on any atom is 0.211 e. The molecule has 0 aliphatic carbocycles. The van der Waals surface area contributed by atoms with E-state index in [2.05, 4.69) is 11.2 Å². The molecule has 1 N–H and O–H groups in total. The molecule has 1 fully saturated rings. The van der Waals surface area contributed by atoms with Crippen LogP contribution < -0.4 is 5.32 Å². The molecular formula is C12H22N2O2S. The van der Waals surface area contributed by atoms with E-state index in [1.165, 1.54) is 6.26 Å². The fourth-order valence-electron chi connectivity index (χ4n) is 1.95. The van der Waals surface area contributed by atoms with Gasteiger partial charge in [-0.25, -0.2) is 12.7 Å². The number of hydrogen-bond donors (Lipinski definition) is 1. The second-order valence-electron chi connectivity index (χ2n) is 5.28. The first-order valence-electron chi connectivity index (χ1n) is 5.92. The molecule has 0 aromatic rings. The molecule has 0 spiro atoms. The Labute approximate surface area is 105 Å². The van der Waals surface area contributed by atoms with Crippen molar-refractivity contribution in [2.24, 2.45) is 5.92 Å². The predicted molar refractivity (Wildman–Crippen MR) is 70.1 cm³/mol. The molecule has 5 heteroatoms. The Morgan fingerprint density at radius 1 is 1.53 bits per heavy atom. The molecule has 1 unspecified atom stereocenters. The quantitative estimate of drug-likeness (QED) is 0.754. The molecule has 0 bridgehead atoms. The maximum absolute atomic E-state index is 11.5. The molecule has 0 aromatic carbocycles. The number of piperidine rings is 1.